The average molecular weight is 262 g/mol. The van der Waals surface area contributed by atoms with Crippen LogP contribution in [-0.2, 0) is 0 Å². The van der Waals surface area contributed by atoms with Crippen LogP contribution >= 0.6 is 0 Å². The van der Waals surface area contributed by atoms with Crippen LogP contribution in [0.2, 0.25) is 0 Å². The maximum Gasteiger partial charge on any atom is 0.254 e. The fourth-order valence-corrected chi connectivity index (χ4v) is 2.47. The lowest BCUT2D eigenvalue weighted by Crippen LogP contribution is -2.34. The Morgan fingerprint density at radius 2 is 2.00 bits per heavy atom. The summed E-state index contributed by atoms with van der Waals surface area (Å²) in [6.45, 7) is 7.46. The highest BCUT2D eigenvalue weighted by atomic mass is 16.5. The molecule has 0 spiro atoms. The number of rotatable bonds is 2. The van der Waals surface area contributed by atoms with E-state index < -0.39 is 0 Å². The first-order valence-electron chi connectivity index (χ1n) is 6.79. The van der Waals surface area contributed by atoms with Crippen LogP contribution in [0, 0.1) is 13.8 Å². The van der Waals surface area contributed by atoms with Gasteiger partial charge >= 0.3 is 0 Å². The fraction of sp³-hybridized carbons (Fsp3) is 0.533. The van der Waals surface area contributed by atoms with Crippen molar-refractivity contribution in [3.05, 3.63) is 28.8 Å². The molecule has 1 saturated heterocycles. The summed E-state index contributed by atoms with van der Waals surface area (Å²) < 4.78 is 5.29. The summed E-state index contributed by atoms with van der Waals surface area (Å²) in [6.07, 6.45) is 1.01. The molecule has 19 heavy (non-hydrogen) atoms. The van der Waals surface area contributed by atoms with Crippen molar-refractivity contribution in [2.75, 3.05) is 33.3 Å². The molecule has 1 heterocycles. The number of carbonyl (C=O) groups excluding carboxylic acids is 1. The Morgan fingerprint density at radius 3 is 2.74 bits per heavy atom. The van der Waals surface area contributed by atoms with Crippen molar-refractivity contribution < 1.29 is 9.53 Å². The molecule has 2 rings (SSSR count). The summed E-state index contributed by atoms with van der Waals surface area (Å²) >= 11 is 0. The van der Waals surface area contributed by atoms with E-state index in [0.29, 0.717) is 0 Å². The molecule has 104 valence electrons. The zero-order valence-corrected chi connectivity index (χ0v) is 12.0. The molecule has 0 unspecified atom stereocenters. The SMILES string of the molecule is COc1ccc(C(=O)N2CCCNCC2)c(C)c1C. The molecular weight excluding hydrogens is 240 g/mol. The smallest absolute Gasteiger partial charge is 0.254 e. The number of methoxy groups -OCH3 is 1. The largest absolute Gasteiger partial charge is 0.496 e. The van der Waals surface area contributed by atoms with E-state index in [-0.39, 0.29) is 5.91 Å². The van der Waals surface area contributed by atoms with Gasteiger partial charge in [-0.3, -0.25) is 4.79 Å². The summed E-state index contributed by atoms with van der Waals surface area (Å²) in [5, 5.41) is 3.31. The van der Waals surface area contributed by atoms with Crippen molar-refractivity contribution >= 4 is 5.91 Å². The number of benzene rings is 1. The lowest BCUT2D eigenvalue weighted by molar-refractivity contribution is 0.0765. The summed E-state index contributed by atoms with van der Waals surface area (Å²) in [4.78, 5) is 14.5. The zero-order chi connectivity index (χ0) is 13.8. The van der Waals surface area contributed by atoms with Gasteiger partial charge in [-0.2, -0.15) is 0 Å². The first-order chi connectivity index (χ1) is 9.15. The highest BCUT2D eigenvalue weighted by molar-refractivity contribution is 5.96. The molecule has 0 aromatic heterocycles. The molecule has 1 fully saturated rings. The Labute approximate surface area is 114 Å². The summed E-state index contributed by atoms with van der Waals surface area (Å²) in [7, 11) is 1.66. The van der Waals surface area contributed by atoms with Gasteiger partial charge in [-0.05, 0) is 50.1 Å². The second kappa shape index (κ2) is 6.06. The Bertz CT molecular complexity index is 463. The maximum absolute atomic E-state index is 12.6. The van der Waals surface area contributed by atoms with Crippen LogP contribution in [-0.4, -0.2) is 44.1 Å². The highest BCUT2D eigenvalue weighted by Gasteiger charge is 2.20. The number of nitrogens with one attached hydrogen (secondary N) is 1. The van der Waals surface area contributed by atoms with E-state index in [2.05, 4.69) is 5.32 Å². The van der Waals surface area contributed by atoms with Gasteiger partial charge in [-0.1, -0.05) is 0 Å². The van der Waals surface area contributed by atoms with Gasteiger partial charge in [0.15, 0.2) is 0 Å². The molecule has 1 N–H and O–H groups in total. The predicted octanol–water partition coefficient (Wildman–Crippen LogP) is 1.75. The molecule has 0 bridgehead atoms. The first kappa shape index (κ1) is 13.9. The van der Waals surface area contributed by atoms with E-state index in [9.17, 15) is 4.79 Å². The van der Waals surface area contributed by atoms with Crippen molar-refractivity contribution in [1.82, 2.24) is 10.2 Å². The van der Waals surface area contributed by atoms with Gasteiger partial charge in [-0.15, -0.1) is 0 Å². The van der Waals surface area contributed by atoms with E-state index in [1.807, 2.05) is 30.9 Å². The molecule has 0 radical (unpaired) electrons. The van der Waals surface area contributed by atoms with Crippen molar-refractivity contribution in [2.45, 2.75) is 20.3 Å². The third-order valence-corrected chi connectivity index (χ3v) is 3.82. The summed E-state index contributed by atoms with van der Waals surface area (Å²) in [6, 6.07) is 3.76. The summed E-state index contributed by atoms with van der Waals surface area (Å²) in [5.41, 5.74) is 2.85. The third-order valence-electron chi connectivity index (χ3n) is 3.82. The van der Waals surface area contributed by atoms with Crippen molar-refractivity contribution in [3.63, 3.8) is 0 Å². The molecule has 0 saturated carbocycles. The lowest BCUT2D eigenvalue weighted by Gasteiger charge is -2.22. The normalized spacial score (nSPS) is 16.1. The molecule has 0 atom stereocenters. The molecule has 1 aromatic carbocycles. The average Bonchev–Trinajstić information content (AvgIpc) is 2.70. The Morgan fingerprint density at radius 1 is 1.21 bits per heavy atom. The molecule has 1 amide bonds. The second-order valence-electron chi connectivity index (χ2n) is 4.96. The zero-order valence-electron chi connectivity index (χ0n) is 12.0. The van der Waals surface area contributed by atoms with Gasteiger partial charge in [0, 0.05) is 25.2 Å². The van der Waals surface area contributed by atoms with Gasteiger partial charge in [0.05, 0.1) is 7.11 Å². The predicted molar refractivity (Wildman–Crippen MR) is 75.9 cm³/mol. The van der Waals surface area contributed by atoms with Crippen LogP contribution in [0.15, 0.2) is 12.1 Å². The van der Waals surface area contributed by atoms with Crippen LogP contribution in [0.3, 0.4) is 0 Å². The van der Waals surface area contributed by atoms with Crippen LogP contribution in [0.5, 0.6) is 5.75 Å². The number of amides is 1. The van der Waals surface area contributed by atoms with E-state index >= 15 is 0 Å². The van der Waals surface area contributed by atoms with Crippen LogP contribution < -0.4 is 10.1 Å². The van der Waals surface area contributed by atoms with E-state index in [0.717, 1.165) is 55.0 Å². The summed E-state index contributed by atoms with van der Waals surface area (Å²) in [5.74, 6) is 0.971. The standard InChI is InChI=1S/C15H22N2O2/c1-11-12(2)14(19-3)6-5-13(11)15(18)17-9-4-7-16-8-10-17/h5-6,16H,4,7-10H2,1-3H3. The van der Waals surface area contributed by atoms with Gasteiger partial charge < -0.3 is 15.0 Å². The monoisotopic (exact) mass is 262 g/mol. The minimum Gasteiger partial charge on any atom is -0.496 e. The molecule has 4 nitrogen and oxygen atoms in total. The lowest BCUT2D eigenvalue weighted by atomic mass is 10.0. The Kier molecular flexibility index (Phi) is 4.43. The van der Waals surface area contributed by atoms with Crippen LogP contribution in [0.1, 0.15) is 27.9 Å². The number of hydrogen-bond acceptors (Lipinski definition) is 3. The molecule has 4 heteroatoms. The van der Waals surface area contributed by atoms with Crippen molar-refractivity contribution in [2.24, 2.45) is 0 Å². The van der Waals surface area contributed by atoms with Gasteiger partial charge in [0.25, 0.3) is 5.91 Å². The highest BCUT2D eigenvalue weighted by Crippen LogP contribution is 2.24. The minimum absolute atomic E-state index is 0.131. The molecule has 0 aliphatic carbocycles. The van der Waals surface area contributed by atoms with Crippen molar-refractivity contribution in [1.29, 1.82) is 0 Å². The van der Waals surface area contributed by atoms with Crippen molar-refractivity contribution in [3.8, 4) is 5.75 Å². The van der Waals surface area contributed by atoms with Gasteiger partial charge in [-0.25, -0.2) is 0 Å². The molecular formula is C15H22N2O2. The fourth-order valence-electron chi connectivity index (χ4n) is 2.47. The van der Waals surface area contributed by atoms with E-state index in [1.54, 1.807) is 7.11 Å². The number of carbonyl (C=O) groups is 1. The third kappa shape index (κ3) is 2.89. The van der Waals surface area contributed by atoms with E-state index in [1.165, 1.54) is 0 Å². The number of nitrogens with zero attached hydrogens (tertiary/aromatic N) is 1. The molecule has 1 aliphatic rings. The number of ether oxygens (including phenoxy) is 1. The second-order valence-corrected chi connectivity index (χ2v) is 4.96. The minimum atomic E-state index is 0.131. The molecule has 1 aliphatic heterocycles. The van der Waals surface area contributed by atoms with E-state index in [4.69, 9.17) is 4.74 Å². The molecule has 1 aromatic rings. The van der Waals surface area contributed by atoms with Crippen LogP contribution in [0.25, 0.3) is 0 Å². The maximum atomic E-state index is 12.6. The number of hydrogen-bond donors (Lipinski definition) is 1. The van der Waals surface area contributed by atoms with Gasteiger partial charge in [0.2, 0.25) is 0 Å². The van der Waals surface area contributed by atoms with Gasteiger partial charge in [0.1, 0.15) is 5.75 Å². The Balaban J connectivity index is 2.25. The first-order valence-corrected chi connectivity index (χ1v) is 6.79. The topological polar surface area (TPSA) is 41.6 Å². The van der Waals surface area contributed by atoms with Crippen LogP contribution in [0.4, 0.5) is 0 Å². The Hall–Kier alpha value is -1.55. The quantitative estimate of drug-likeness (QED) is 0.883.